The molecule has 0 amide bonds. The number of hydrogen-bond donors (Lipinski definition) is 1. The van der Waals surface area contributed by atoms with E-state index in [1.165, 1.54) is 48.1 Å². The standard InChI is InChI=1S/C22H25N3/c1-16-13-22(25(24-16)20-9-3-2-4-10-20)21(15-23)19-12-11-17-7-5-6-8-18(17)14-19/h2-4,9-14,21H,5-8,15,23H2,1H3. The second-order valence-corrected chi connectivity index (χ2v) is 6.98. The van der Waals surface area contributed by atoms with E-state index in [2.05, 4.69) is 36.4 Å². The molecule has 0 saturated heterocycles. The normalized spacial score (nSPS) is 15.0. The zero-order valence-corrected chi connectivity index (χ0v) is 14.8. The number of aromatic nitrogens is 2. The molecule has 25 heavy (non-hydrogen) atoms. The summed E-state index contributed by atoms with van der Waals surface area (Å²) >= 11 is 0. The van der Waals surface area contributed by atoms with Crippen molar-refractivity contribution in [1.29, 1.82) is 0 Å². The van der Waals surface area contributed by atoms with Crippen LogP contribution in [0.3, 0.4) is 0 Å². The van der Waals surface area contributed by atoms with Crippen molar-refractivity contribution in [3.63, 3.8) is 0 Å². The van der Waals surface area contributed by atoms with Gasteiger partial charge in [-0.2, -0.15) is 5.10 Å². The summed E-state index contributed by atoms with van der Waals surface area (Å²) in [7, 11) is 0. The van der Waals surface area contributed by atoms with Gasteiger partial charge < -0.3 is 5.73 Å². The summed E-state index contributed by atoms with van der Waals surface area (Å²) in [5.41, 5.74) is 13.8. The molecule has 3 aromatic rings. The number of nitrogens with two attached hydrogens (primary N) is 1. The van der Waals surface area contributed by atoms with Crippen LogP contribution in [0.5, 0.6) is 0 Å². The first kappa shape index (κ1) is 16.1. The molecule has 0 aliphatic heterocycles. The maximum absolute atomic E-state index is 6.23. The Kier molecular flexibility index (Phi) is 4.41. The minimum absolute atomic E-state index is 0.161. The van der Waals surface area contributed by atoms with Crippen molar-refractivity contribution in [2.75, 3.05) is 6.54 Å². The smallest absolute Gasteiger partial charge is 0.0649 e. The fourth-order valence-corrected chi connectivity index (χ4v) is 3.94. The van der Waals surface area contributed by atoms with Crippen LogP contribution < -0.4 is 5.73 Å². The summed E-state index contributed by atoms with van der Waals surface area (Å²) in [6.07, 6.45) is 5.01. The quantitative estimate of drug-likeness (QED) is 0.780. The molecule has 3 heteroatoms. The Morgan fingerprint density at radius 2 is 1.76 bits per heavy atom. The maximum atomic E-state index is 6.23. The average Bonchev–Trinajstić information content (AvgIpc) is 3.04. The summed E-state index contributed by atoms with van der Waals surface area (Å²) in [5.74, 6) is 0.161. The van der Waals surface area contributed by atoms with E-state index in [0.717, 1.165) is 11.4 Å². The Hall–Kier alpha value is -2.39. The van der Waals surface area contributed by atoms with E-state index in [4.69, 9.17) is 10.8 Å². The van der Waals surface area contributed by atoms with Crippen molar-refractivity contribution in [2.24, 2.45) is 5.73 Å². The van der Waals surface area contributed by atoms with Crippen molar-refractivity contribution >= 4 is 0 Å². The Labute approximate surface area is 149 Å². The largest absolute Gasteiger partial charge is 0.329 e. The van der Waals surface area contributed by atoms with Crippen molar-refractivity contribution in [1.82, 2.24) is 9.78 Å². The third-order valence-electron chi connectivity index (χ3n) is 5.23. The third kappa shape index (κ3) is 3.12. The molecule has 0 saturated carbocycles. The molecule has 0 bridgehead atoms. The number of aryl methyl sites for hydroxylation is 3. The Bertz CT molecular complexity index is 864. The lowest BCUT2D eigenvalue weighted by molar-refractivity contribution is 0.678. The minimum atomic E-state index is 0.161. The molecule has 1 atom stereocenters. The van der Waals surface area contributed by atoms with Gasteiger partial charge in [-0.25, -0.2) is 4.68 Å². The molecule has 1 unspecified atom stereocenters. The summed E-state index contributed by atoms with van der Waals surface area (Å²) in [5, 5.41) is 4.72. The predicted molar refractivity (Wildman–Crippen MR) is 102 cm³/mol. The molecular formula is C22H25N3. The molecule has 1 aliphatic carbocycles. The van der Waals surface area contributed by atoms with Gasteiger partial charge in [0.25, 0.3) is 0 Å². The van der Waals surface area contributed by atoms with E-state index < -0.39 is 0 Å². The predicted octanol–water partition coefficient (Wildman–Crippen LogP) is 4.15. The topological polar surface area (TPSA) is 43.8 Å². The zero-order valence-electron chi connectivity index (χ0n) is 14.8. The van der Waals surface area contributed by atoms with E-state index >= 15 is 0 Å². The van der Waals surface area contributed by atoms with Gasteiger partial charge in [-0.3, -0.25) is 0 Å². The first-order chi connectivity index (χ1) is 12.3. The second-order valence-electron chi connectivity index (χ2n) is 6.98. The molecule has 1 heterocycles. The lowest BCUT2D eigenvalue weighted by Gasteiger charge is -2.21. The summed E-state index contributed by atoms with van der Waals surface area (Å²) in [6, 6.07) is 19.4. The van der Waals surface area contributed by atoms with E-state index in [1.807, 2.05) is 29.8 Å². The highest BCUT2D eigenvalue weighted by Gasteiger charge is 2.21. The fraction of sp³-hybridized carbons (Fsp3) is 0.318. The van der Waals surface area contributed by atoms with Crippen molar-refractivity contribution in [3.05, 3.63) is 82.7 Å². The van der Waals surface area contributed by atoms with Crippen LogP contribution in [0.4, 0.5) is 0 Å². The number of para-hydroxylation sites is 1. The molecule has 2 aromatic carbocycles. The highest BCUT2D eigenvalue weighted by molar-refractivity contribution is 5.41. The molecule has 0 radical (unpaired) electrons. The number of nitrogens with zero attached hydrogens (tertiary/aromatic N) is 2. The molecule has 3 nitrogen and oxygen atoms in total. The van der Waals surface area contributed by atoms with Crippen molar-refractivity contribution in [2.45, 2.75) is 38.5 Å². The first-order valence-electron chi connectivity index (χ1n) is 9.20. The molecular weight excluding hydrogens is 306 g/mol. The maximum Gasteiger partial charge on any atom is 0.0649 e. The van der Waals surface area contributed by atoms with Crippen LogP contribution in [0.1, 0.15) is 46.8 Å². The number of rotatable bonds is 4. The van der Waals surface area contributed by atoms with Gasteiger partial charge in [-0.15, -0.1) is 0 Å². The average molecular weight is 331 g/mol. The molecule has 0 spiro atoms. The number of fused-ring (bicyclic) bond motifs is 1. The Balaban J connectivity index is 1.77. The van der Waals surface area contributed by atoms with Crippen LogP contribution in [0.25, 0.3) is 5.69 Å². The number of hydrogen-bond acceptors (Lipinski definition) is 2. The highest BCUT2D eigenvalue weighted by Crippen LogP contribution is 2.30. The molecule has 128 valence electrons. The molecule has 1 aromatic heterocycles. The van der Waals surface area contributed by atoms with E-state index in [0.29, 0.717) is 6.54 Å². The summed E-state index contributed by atoms with van der Waals surface area (Å²) in [4.78, 5) is 0. The van der Waals surface area contributed by atoms with Crippen LogP contribution >= 0.6 is 0 Å². The van der Waals surface area contributed by atoms with E-state index in [-0.39, 0.29) is 5.92 Å². The van der Waals surface area contributed by atoms with Crippen molar-refractivity contribution < 1.29 is 0 Å². The van der Waals surface area contributed by atoms with Crippen LogP contribution in [0.15, 0.2) is 54.6 Å². The van der Waals surface area contributed by atoms with Crippen LogP contribution in [0, 0.1) is 6.92 Å². The van der Waals surface area contributed by atoms with Crippen LogP contribution in [-0.4, -0.2) is 16.3 Å². The van der Waals surface area contributed by atoms with E-state index in [1.54, 1.807) is 0 Å². The van der Waals surface area contributed by atoms with Crippen molar-refractivity contribution in [3.8, 4) is 5.69 Å². The van der Waals surface area contributed by atoms with Gasteiger partial charge in [0.05, 0.1) is 17.1 Å². The Morgan fingerprint density at radius 1 is 1.00 bits per heavy atom. The van der Waals surface area contributed by atoms with Gasteiger partial charge >= 0.3 is 0 Å². The van der Waals surface area contributed by atoms with Gasteiger partial charge in [0.1, 0.15) is 0 Å². The van der Waals surface area contributed by atoms with Crippen LogP contribution in [-0.2, 0) is 12.8 Å². The SMILES string of the molecule is Cc1cc(C(CN)c2ccc3c(c2)CCCC3)n(-c2ccccc2)n1. The van der Waals surface area contributed by atoms with E-state index in [9.17, 15) is 0 Å². The Morgan fingerprint density at radius 3 is 2.52 bits per heavy atom. The second kappa shape index (κ2) is 6.85. The monoisotopic (exact) mass is 331 g/mol. The highest BCUT2D eigenvalue weighted by atomic mass is 15.3. The molecule has 4 rings (SSSR count). The lowest BCUT2D eigenvalue weighted by atomic mass is 9.86. The zero-order chi connectivity index (χ0) is 17.2. The summed E-state index contributed by atoms with van der Waals surface area (Å²) in [6.45, 7) is 2.63. The van der Waals surface area contributed by atoms with Gasteiger partial charge in [0.15, 0.2) is 0 Å². The molecule has 0 fully saturated rings. The van der Waals surface area contributed by atoms with Crippen LogP contribution in [0.2, 0.25) is 0 Å². The van der Waals surface area contributed by atoms with Gasteiger partial charge in [0, 0.05) is 12.5 Å². The molecule has 2 N–H and O–H groups in total. The molecule has 1 aliphatic rings. The van der Waals surface area contributed by atoms with Gasteiger partial charge in [-0.1, -0.05) is 36.4 Å². The fourth-order valence-electron chi connectivity index (χ4n) is 3.94. The number of benzene rings is 2. The lowest BCUT2D eigenvalue weighted by Crippen LogP contribution is -2.18. The minimum Gasteiger partial charge on any atom is -0.329 e. The van der Waals surface area contributed by atoms with Gasteiger partial charge in [-0.05, 0) is 67.5 Å². The third-order valence-corrected chi connectivity index (χ3v) is 5.23. The van der Waals surface area contributed by atoms with Gasteiger partial charge in [0.2, 0.25) is 0 Å². The first-order valence-corrected chi connectivity index (χ1v) is 9.20. The summed E-state index contributed by atoms with van der Waals surface area (Å²) < 4.78 is 2.05.